The lowest BCUT2D eigenvalue weighted by atomic mass is 9.95. The minimum atomic E-state index is 0.118. The predicted molar refractivity (Wildman–Crippen MR) is 81.0 cm³/mol. The van der Waals surface area contributed by atoms with Gasteiger partial charge in [-0.1, -0.05) is 12.1 Å². The van der Waals surface area contributed by atoms with Gasteiger partial charge in [0, 0.05) is 13.5 Å². The number of anilines is 1. The molecule has 2 unspecified atom stereocenters. The van der Waals surface area contributed by atoms with Crippen LogP contribution in [0.5, 0.6) is 5.88 Å². The highest BCUT2D eigenvalue weighted by atomic mass is 16.5. The van der Waals surface area contributed by atoms with E-state index >= 15 is 0 Å². The van der Waals surface area contributed by atoms with Crippen LogP contribution < -0.4 is 16.0 Å². The Hall–Kier alpha value is -1.92. The number of hydrazine groups is 1. The summed E-state index contributed by atoms with van der Waals surface area (Å²) < 4.78 is 11.6. The molecule has 0 bridgehead atoms. The monoisotopic (exact) mass is 288 g/mol. The second-order valence-corrected chi connectivity index (χ2v) is 5.28. The summed E-state index contributed by atoms with van der Waals surface area (Å²) in [7, 11) is 1.75. The topological polar surface area (TPSA) is 82.3 Å². The lowest BCUT2D eigenvalue weighted by Crippen LogP contribution is -2.30. The molecule has 3 rings (SSSR count). The van der Waals surface area contributed by atoms with Crippen LogP contribution in [-0.4, -0.2) is 29.3 Å². The molecule has 21 heavy (non-hydrogen) atoms. The smallest absolute Gasteiger partial charge is 0.241 e. The van der Waals surface area contributed by atoms with Crippen LogP contribution in [0.3, 0.4) is 0 Å². The minimum Gasteiger partial charge on any atom is -0.474 e. The lowest BCUT2D eigenvalue weighted by molar-refractivity contribution is 0.0201. The Balaban J connectivity index is 1.88. The molecule has 0 aliphatic heterocycles. The fourth-order valence-electron chi connectivity index (χ4n) is 2.78. The molecular weight excluding hydrogens is 268 g/mol. The third-order valence-electron chi connectivity index (χ3n) is 3.89. The molecule has 2 atom stereocenters. The molecule has 1 aliphatic carbocycles. The molecule has 0 saturated heterocycles. The van der Waals surface area contributed by atoms with E-state index in [0.717, 1.165) is 36.6 Å². The number of fused-ring (bicyclic) bond motifs is 1. The molecule has 3 N–H and O–H groups in total. The summed E-state index contributed by atoms with van der Waals surface area (Å²) in [5, 5.41) is 0.899. The van der Waals surface area contributed by atoms with Crippen molar-refractivity contribution < 1.29 is 9.47 Å². The summed E-state index contributed by atoms with van der Waals surface area (Å²) in [6, 6.07) is 7.76. The van der Waals surface area contributed by atoms with Crippen molar-refractivity contribution in [2.45, 2.75) is 37.9 Å². The predicted octanol–water partition coefficient (Wildman–Crippen LogP) is 2.25. The standard InChI is InChI=1S/C15H20N4O2/c1-20-10-5-4-6-11(9-10)21-14-12-7-2-3-8-13(12)17-15(18-14)19-16/h2-3,7-8,10-11H,4-6,9,16H2,1H3,(H,17,18,19). The first-order valence-electron chi connectivity index (χ1n) is 7.23. The number of nitrogen functional groups attached to an aromatic ring is 1. The zero-order valence-electron chi connectivity index (χ0n) is 12.1. The van der Waals surface area contributed by atoms with Gasteiger partial charge in [0.25, 0.3) is 0 Å². The molecule has 0 spiro atoms. The molecular formula is C15H20N4O2. The number of nitrogens with zero attached hydrogens (tertiary/aromatic N) is 2. The van der Waals surface area contributed by atoms with Gasteiger partial charge in [0.1, 0.15) is 6.10 Å². The average molecular weight is 288 g/mol. The van der Waals surface area contributed by atoms with Crippen molar-refractivity contribution in [1.29, 1.82) is 0 Å². The fraction of sp³-hybridized carbons (Fsp3) is 0.467. The maximum absolute atomic E-state index is 6.12. The van der Waals surface area contributed by atoms with Crippen LogP contribution >= 0.6 is 0 Å². The van der Waals surface area contributed by atoms with Gasteiger partial charge in [0.05, 0.1) is 17.0 Å². The van der Waals surface area contributed by atoms with Gasteiger partial charge in [-0.05, 0) is 31.4 Å². The molecule has 1 aromatic heterocycles. The second-order valence-electron chi connectivity index (χ2n) is 5.28. The van der Waals surface area contributed by atoms with Crippen LogP contribution in [0, 0.1) is 0 Å². The van der Waals surface area contributed by atoms with E-state index in [0.29, 0.717) is 11.8 Å². The van der Waals surface area contributed by atoms with Crippen LogP contribution in [-0.2, 0) is 4.74 Å². The fourth-order valence-corrected chi connectivity index (χ4v) is 2.78. The van der Waals surface area contributed by atoms with Crippen molar-refractivity contribution in [1.82, 2.24) is 9.97 Å². The minimum absolute atomic E-state index is 0.118. The van der Waals surface area contributed by atoms with Crippen molar-refractivity contribution in [3.8, 4) is 5.88 Å². The molecule has 1 saturated carbocycles. The normalized spacial score (nSPS) is 22.2. The summed E-state index contributed by atoms with van der Waals surface area (Å²) in [6.45, 7) is 0. The van der Waals surface area contributed by atoms with E-state index in [1.54, 1.807) is 7.11 Å². The van der Waals surface area contributed by atoms with Crippen LogP contribution in [0.25, 0.3) is 10.9 Å². The molecule has 1 fully saturated rings. The van der Waals surface area contributed by atoms with Crippen molar-refractivity contribution in [3.05, 3.63) is 24.3 Å². The van der Waals surface area contributed by atoms with Gasteiger partial charge in [-0.2, -0.15) is 4.98 Å². The summed E-state index contributed by atoms with van der Waals surface area (Å²) in [5.74, 6) is 6.38. The second kappa shape index (κ2) is 6.24. The molecule has 1 heterocycles. The summed E-state index contributed by atoms with van der Waals surface area (Å²) in [6.07, 6.45) is 4.49. The quantitative estimate of drug-likeness (QED) is 0.663. The average Bonchev–Trinajstić information content (AvgIpc) is 2.55. The van der Waals surface area contributed by atoms with E-state index in [9.17, 15) is 0 Å². The Morgan fingerprint density at radius 1 is 1.19 bits per heavy atom. The Labute approximate surface area is 123 Å². The number of nitrogens with one attached hydrogen (secondary N) is 1. The largest absolute Gasteiger partial charge is 0.474 e. The molecule has 1 aliphatic rings. The SMILES string of the molecule is COC1CCCC(Oc2nc(NN)nc3ccccc23)C1. The van der Waals surface area contributed by atoms with E-state index in [2.05, 4.69) is 15.4 Å². The number of hydrogen-bond acceptors (Lipinski definition) is 6. The number of ether oxygens (including phenoxy) is 2. The number of methoxy groups -OCH3 is 1. The van der Waals surface area contributed by atoms with E-state index in [4.69, 9.17) is 15.3 Å². The van der Waals surface area contributed by atoms with Crippen LogP contribution in [0.15, 0.2) is 24.3 Å². The summed E-state index contributed by atoms with van der Waals surface area (Å²) in [4.78, 5) is 8.68. The zero-order valence-corrected chi connectivity index (χ0v) is 12.1. The van der Waals surface area contributed by atoms with Gasteiger partial charge in [0.15, 0.2) is 0 Å². The zero-order chi connectivity index (χ0) is 14.7. The first kappa shape index (κ1) is 14.0. The first-order valence-corrected chi connectivity index (χ1v) is 7.23. The van der Waals surface area contributed by atoms with Crippen LogP contribution in [0.1, 0.15) is 25.7 Å². The molecule has 6 nitrogen and oxygen atoms in total. The number of hydrogen-bond donors (Lipinski definition) is 2. The van der Waals surface area contributed by atoms with Crippen molar-refractivity contribution in [2.24, 2.45) is 5.84 Å². The van der Waals surface area contributed by atoms with Crippen molar-refractivity contribution >= 4 is 16.9 Å². The van der Waals surface area contributed by atoms with Gasteiger partial charge in [-0.3, -0.25) is 5.43 Å². The third kappa shape index (κ3) is 3.06. The van der Waals surface area contributed by atoms with Crippen molar-refractivity contribution in [2.75, 3.05) is 12.5 Å². The van der Waals surface area contributed by atoms with Gasteiger partial charge in [0.2, 0.25) is 11.8 Å². The van der Waals surface area contributed by atoms with Gasteiger partial charge in [-0.25, -0.2) is 10.8 Å². The van der Waals surface area contributed by atoms with Gasteiger partial charge in [-0.15, -0.1) is 0 Å². The van der Waals surface area contributed by atoms with Crippen LogP contribution in [0.4, 0.5) is 5.95 Å². The molecule has 2 aromatic rings. The highest BCUT2D eigenvalue weighted by molar-refractivity contribution is 5.84. The molecule has 6 heteroatoms. The molecule has 1 aromatic carbocycles. The number of rotatable bonds is 4. The lowest BCUT2D eigenvalue weighted by Gasteiger charge is -2.28. The Morgan fingerprint density at radius 3 is 2.81 bits per heavy atom. The maximum Gasteiger partial charge on any atom is 0.241 e. The van der Waals surface area contributed by atoms with E-state index < -0.39 is 0 Å². The Morgan fingerprint density at radius 2 is 2.00 bits per heavy atom. The molecule has 0 radical (unpaired) electrons. The highest BCUT2D eigenvalue weighted by Gasteiger charge is 2.24. The third-order valence-corrected chi connectivity index (χ3v) is 3.89. The summed E-state index contributed by atoms with van der Waals surface area (Å²) in [5.41, 5.74) is 3.30. The van der Waals surface area contributed by atoms with Crippen molar-refractivity contribution in [3.63, 3.8) is 0 Å². The maximum atomic E-state index is 6.12. The molecule has 112 valence electrons. The van der Waals surface area contributed by atoms with E-state index in [1.165, 1.54) is 0 Å². The first-order chi connectivity index (χ1) is 10.3. The van der Waals surface area contributed by atoms with E-state index in [-0.39, 0.29) is 12.2 Å². The number of nitrogens with two attached hydrogens (primary N) is 1. The number of benzene rings is 1. The highest BCUT2D eigenvalue weighted by Crippen LogP contribution is 2.29. The Kier molecular flexibility index (Phi) is 4.17. The van der Waals surface area contributed by atoms with Gasteiger partial charge >= 0.3 is 0 Å². The Bertz CT molecular complexity index is 620. The van der Waals surface area contributed by atoms with E-state index in [1.807, 2.05) is 24.3 Å². The number of aromatic nitrogens is 2. The van der Waals surface area contributed by atoms with Crippen LogP contribution in [0.2, 0.25) is 0 Å². The molecule has 0 amide bonds. The number of para-hydroxylation sites is 1. The van der Waals surface area contributed by atoms with Gasteiger partial charge < -0.3 is 9.47 Å². The summed E-state index contributed by atoms with van der Waals surface area (Å²) >= 11 is 0.